The van der Waals surface area contributed by atoms with Crippen molar-refractivity contribution in [2.75, 3.05) is 6.54 Å². The van der Waals surface area contributed by atoms with Gasteiger partial charge in [0.1, 0.15) is 11.2 Å². The molecule has 0 aliphatic carbocycles. The van der Waals surface area contributed by atoms with E-state index in [1.807, 2.05) is 6.07 Å². The van der Waals surface area contributed by atoms with Crippen LogP contribution in [0.15, 0.2) is 24.3 Å². The number of hydrogen-bond donors (Lipinski definition) is 1. The average molecular weight is 300 g/mol. The molecule has 0 saturated heterocycles. The quantitative estimate of drug-likeness (QED) is 0.909. The Labute approximate surface area is 120 Å². The standard InChI is InChI=1S/C14H15F3N2O2/c1-13(2,9-18)12(20)19-8-7-10-5-3-4-6-11(10)21-14(15,16)17/h3-6H,7-8H2,1-2H3,(H,19,20). The molecule has 0 unspecified atom stereocenters. The fourth-order valence-corrected chi connectivity index (χ4v) is 1.52. The fraction of sp³-hybridized carbons (Fsp3) is 0.429. The van der Waals surface area contributed by atoms with Gasteiger partial charge in [-0.2, -0.15) is 5.26 Å². The van der Waals surface area contributed by atoms with Gasteiger partial charge in [-0.05, 0) is 31.9 Å². The predicted octanol–water partition coefficient (Wildman–Crippen LogP) is 2.79. The smallest absolute Gasteiger partial charge is 0.406 e. The molecular weight excluding hydrogens is 285 g/mol. The summed E-state index contributed by atoms with van der Waals surface area (Å²) in [6.07, 6.45) is -4.60. The normalized spacial score (nSPS) is 11.6. The Hall–Kier alpha value is -2.23. The number of carbonyl (C=O) groups excluding carboxylic acids is 1. The number of alkyl halides is 3. The molecule has 0 heterocycles. The third-order valence-electron chi connectivity index (χ3n) is 2.73. The molecule has 1 rings (SSSR count). The highest BCUT2D eigenvalue weighted by Crippen LogP contribution is 2.26. The van der Waals surface area contributed by atoms with E-state index in [2.05, 4.69) is 10.1 Å². The molecule has 1 aromatic rings. The minimum atomic E-state index is -4.76. The Morgan fingerprint density at radius 3 is 2.52 bits per heavy atom. The van der Waals surface area contributed by atoms with E-state index < -0.39 is 17.7 Å². The number of carbonyl (C=O) groups is 1. The van der Waals surface area contributed by atoms with E-state index in [0.29, 0.717) is 5.56 Å². The summed E-state index contributed by atoms with van der Waals surface area (Å²) in [5.74, 6) is -0.766. The van der Waals surface area contributed by atoms with Crippen molar-refractivity contribution in [1.29, 1.82) is 5.26 Å². The van der Waals surface area contributed by atoms with Gasteiger partial charge in [-0.1, -0.05) is 18.2 Å². The zero-order chi connectivity index (χ0) is 16.1. The molecule has 4 nitrogen and oxygen atoms in total. The number of rotatable bonds is 5. The lowest BCUT2D eigenvalue weighted by atomic mass is 9.95. The molecule has 114 valence electrons. The number of nitriles is 1. The second-order valence-corrected chi connectivity index (χ2v) is 4.90. The lowest BCUT2D eigenvalue weighted by Crippen LogP contribution is -2.37. The second-order valence-electron chi connectivity index (χ2n) is 4.90. The summed E-state index contributed by atoms with van der Waals surface area (Å²) in [7, 11) is 0. The van der Waals surface area contributed by atoms with Gasteiger partial charge in [-0.15, -0.1) is 13.2 Å². The van der Waals surface area contributed by atoms with Crippen LogP contribution in [-0.4, -0.2) is 18.8 Å². The van der Waals surface area contributed by atoms with Crippen molar-refractivity contribution >= 4 is 5.91 Å². The van der Waals surface area contributed by atoms with E-state index in [0.717, 1.165) is 0 Å². The van der Waals surface area contributed by atoms with Crippen LogP contribution >= 0.6 is 0 Å². The number of amides is 1. The molecule has 0 atom stereocenters. The Morgan fingerprint density at radius 1 is 1.33 bits per heavy atom. The molecule has 0 aliphatic heterocycles. The van der Waals surface area contributed by atoms with Gasteiger partial charge < -0.3 is 10.1 Å². The zero-order valence-electron chi connectivity index (χ0n) is 11.6. The van der Waals surface area contributed by atoms with Gasteiger partial charge in [0.05, 0.1) is 6.07 Å². The summed E-state index contributed by atoms with van der Waals surface area (Å²) in [6, 6.07) is 7.56. The van der Waals surface area contributed by atoms with Crippen molar-refractivity contribution in [3.8, 4) is 11.8 Å². The Balaban J connectivity index is 2.65. The molecule has 0 saturated carbocycles. The van der Waals surface area contributed by atoms with Crippen molar-refractivity contribution in [1.82, 2.24) is 5.32 Å². The van der Waals surface area contributed by atoms with E-state index in [1.165, 1.54) is 32.0 Å². The van der Waals surface area contributed by atoms with Gasteiger partial charge in [-0.3, -0.25) is 4.79 Å². The number of para-hydroxylation sites is 1. The van der Waals surface area contributed by atoms with E-state index >= 15 is 0 Å². The molecule has 0 spiro atoms. The molecule has 1 N–H and O–H groups in total. The third-order valence-corrected chi connectivity index (χ3v) is 2.73. The minimum Gasteiger partial charge on any atom is -0.406 e. The van der Waals surface area contributed by atoms with Gasteiger partial charge in [0, 0.05) is 6.54 Å². The second kappa shape index (κ2) is 6.48. The van der Waals surface area contributed by atoms with E-state index in [-0.39, 0.29) is 18.7 Å². The summed E-state index contributed by atoms with van der Waals surface area (Å²) in [6.45, 7) is 3.04. The van der Waals surface area contributed by atoms with Gasteiger partial charge >= 0.3 is 6.36 Å². The predicted molar refractivity (Wildman–Crippen MR) is 69.2 cm³/mol. The summed E-state index contributed by atoms with van der Waals surface area (Å²) in [4.78, 5) is 11.7. The van der Waals surface area contributed by atoms with Crippen LogP contribution in [0.5, 0.6) is 5.75 Å². The van der Waals surface area contributed by atoms with Crippen LogP contribution in [0.2, 0.25) is 0 Å². The molecule has 0 aliphatic rings. The minimum absolute atomic E-state index is 0.113. The Kier molecular flexibility index (Phi) is 5.19. The maximum atomic E-state index is 12.2. The first kappa shape index (κ1) is 16.8. The van der Waals surface area contributed by atoms with Gasteiger partial charge in [0.2, 0.25) is 5.91 Å². The van der Waals surface area contributed by atoms with Crippen molar-refractivity contribution in [3.05, 3.63) is 29.8 Å². The van der Waals surface area contributed by atoms with Crippen LogP contribution in [0.25, 0.3) is 0 Å². The Morgan fingerprint density at radius 2 is 1.95 bits per heavy atom. The largest absolute Gasteiger partial charge is 0.573 e. The molecule has 7 heteroatoms. The Bertz CT molecular complexity index is 548. The summed E-state index contributed by atoms with van der Waals surface area (Å²) < 4.78 is 40.7. The van der Waals surface area contributed by atoms with Crippen LogP contribution in [0.3, 0.4) is 0 Å². The number of benzene rings is 1. The van der Waals surface area contributed by atoms with E-state index in [4.69, 9.17) is 5.26 Å². The number of hydrogen-bond acceptors (Lipinski definition) is 3. The first-order chi connectivity index (χ1) is 9.65. The number of halogens is 3. The summed E-state index contributed by atoms with van der Waals surface area (Å²) >= 11 is 0. The van der Waals surface area contributed by atoms with Crippen molar-refractivity contribution in [2.45, 2.75) is 26.6 Å². The topological polar surface area (TPSA) is 62.1 Å². The highest BCUT2D eigenvalue weighted by atomic mass is 19.4. The highest BCUT2D eigenvalue weighted by Gasteiger charge is 2.32. The number of nitrogens with zero attached hydrogens (tertiary/aromatic N) is 1. The molecular formula is C14H15F3N2O2. The van der Waals surface area contributed by atoms with Crippen molar-refractivity contribution in [2.24, 2.45) is 5.41 Å². The third kappa shape index (κ3) is 5.34. The van der Waals surface area contributed by atoms with Crippen LogP contribution in [0.4, 0.5) is 13.2 Å². The molecule has 0 aromatic heterocycles. The first-order valence-electron chi connectivity index (χ1n) is 6.19. The lowest BCUT2D eigenvalue weighted by Gasteiger charge is -2.16. The molecule has 1 amide bonds. The van der Waals surface area contributed by atoms with Gasteiger partial charge in [-0.25, -0.2) is 0 Å². The van der Waals surface area contributed by atoms with Crippen LogP contribution in [-0.2, 0) is 11.2 Å². The highest BCUT2D eigenvalue weighted by molar-refractivity contribution is 5.84. The number of nitrogens with one attached hydrogen (secondary N) is 1. The molecule has 21 heavy (non-hydrogen) atoms. The fourth-order valence-electron chi connectivity index (χ4n) is 1.52. The maximum Gasteiger partial charge on any atom is 0.573 e. The monoisotopic (exact) mass is 300 g/mol. The lowest BCUT2D eigenvalue weighted by molar-refractivity contribution is -0.274. The molecule has 0 radical (unpaired) electrons. The number of ether oxygens (including phenoxy) is 1. The first-order valence-corrected chi connectivity index (χ1v) is 6.19. The average Bonchev–Trinajstić information content (AvgIpc) is 2.38. The zero-order valence-corrected chi connectivity index (χ0v) is 11.6. The molecule has 0 fully saturated rings. The summed E-state index contributed by atoms with van der Waals surface area (Å²) in [5.41, 5.74) is -0.855. The molecule has 1 aromatic carbocycles. The van der Waals surface area contributed by atoms with Gasteiger partial charge in [0.25, 0.3) is 0 Å². The van der Waals surface area contributed by atoms with E-state index in [9.17, 15) is 18.0 Å². The van der Waals surface area contributed by atoms with E-state index in [1.54, 1.807) is 6.07 Å². The molecule has 0 bridgehead atoms. The van der Waals surface area contributed by atoms with Crippen LogP contribution in [0.1, 0.15) is 19.4 Å². The van der Waals surface area contributed by atoms with Crippen LogP contribution in [0, 0.1) is 16.7 Å². The van der Waals surface area contributed by atoms with Crippen molar-refractivity contribution in [3.63, 3.8) is 0 Å². The SMILES string of the molecule is CC(C)(C#N)C(=O)NCCc1ccccc1OC(F)(F)F. The van der Waals surface area contributed by atoms with Gasteiger partial charge in [0.15, 0.2) is 0 Å². The summed E-state index contributed by atoms with van der Waals surface area (Å²) in [5, 5.41) is 11.3. The van der Waals surface area contributed by atoms with Crippen molar-refractivity contribution < 1.29 is 22.7 Å². The van der Waals surface area contributed by atoms with Crippen LogP contribution < -0.4 is 10.1 Å². The maximum absolute atomic E-state index is 12.2.